The fraction of sp³-hybridized carbons (Fsp3) is 0.200. The summed E-state index contributed by atoms with van der Waals surface area (Å²) in [5.41, 5.74) is 3.32. The van der Waals surface area contributed by atoms with E-state index in [9.17, 15) is 9.59 Å². The van der Waals surface area contributed by atoms with Crippen molar-refractivity contribution >= 4 is 40.6 Å². The number of aromatic amines is 1. The quantitative estimate of drug-likeness (QED) is 0.492. The molecule has 0 spiro atoms. The van der Waals surface area contributed by atoms with Crippen LogP contribution in [0.1, 0.15) is 22.5 Å². The molecule has 0 aliphatic heterocycles. The number of nitrogens with one attached hydrogen (secondary N) is 2. The number of hydrogen-bond acceptors (Lipinski definition) is 4. The molecule has 0 saturated heterocycles. The van der Waals surface area contributed by atoms with E-state index in [2.05, 4.69) is 20.5 Å². The average molecular weight is 445 g/mol. The highest BCUT2D eigenvalue weighted by Gasteiger charge is 2.16. The number of rotatable bonds is 5. The second kappa shape index (κ2) is 7.97. The predicted molar refractivity (Wildman–Crippen MR) is 115 cm³/mol. The van der Waals surface area contributed by atoms with Gasteiger partial charge in [-0.2, -0.15) is 5.10 Å². The highest BCUT2D eigenvalue weighted by atomic mass is 35.5. The van der Waals surface area contributed by atoms with Gasteiger partial charge in [-0.25, -0.2) is 14.2 Å². The molecule has 1 aromatic carbocycles. The summed E-state index contributed by atoms with van der Waals surface area (Å²) >= 11 is 12.2. The third kappa shape index (κ3) is 3.96. The Bertz CT molecular complexity index is 1320. The summed E-state index contributed by atoms with van der Waals surface area (Å²) in [6.45, 7) is 4.04. The molecule has 4 rings (SSSR count). The van der Waals surface area contributed by atoms with Crippen LogP contribution < -0.4 is 10.9 Å². The van der Waals surface area contributed by atoms with Crippen molar-refractivity contribution in [2.24, 2.45) is 0 Å². The molecule has 154 valence electrons. The number of fused-ring (bicyclic) bond motifs is 1. The molecule has 0 aliphatic carbocycles. The van der Waals surface area contributed by atoms with E-state index in [4.69, 9.17) is 23.2 Å². The number of H-pyrrole nitrogens is 1. The van der Waals surface area contributed by atoms with Crippen molar-refractivity contribution in [2.45, 2.75) is 26.8 Å². The third-order valence-electron chi connectivity index (χ3n) is 4.86. The summed E-state index contributed by atoms with van der Waals surface area (Å²) in [6, 6.07) is 8.38. The van der Waals surface area contributed by atoms with E-state index in [1.54, 1.807) is 33.6 Å². The van der Waals surface area contributed by atoms with E-state index >= 15 is 0 Å². The van der Waals surface area contributed by atoms with E-state index in [0.717, 1.165) is 16.8 Å². The standard InChI is InChI=1S/C20H18Cl2N6O2/c1-11-15(12(2)28-18(24-11)9-20(30)26-28)8-19(29)25-17-5-6-23-27(17)10-13-3-4-14(21)7-16(13)22/h3-7,9H,8,10H2,1-2H3,(H,25,29)(H,26,30). The number of carbonyl (C=O) groups excluding carboxylic acids is 1. The molecule has 0 aliphatic rings. The molecule has 0 bridgehead atoms. The van der Waals surface area contributed by atoms with Gasteiger partial charge >= 0.3 is 0 Å². The van der Waals surface area contributed by atoms with Gasteiger partial charge in [0.15, 0.2) is 5.65 Å². The summed E-state index contributed by atoms with van der Waals surface area (Å²) in [7, 11) is 0. The molecule has 0 saturated carbocycles. The number of carbonyl (C=O) groups is 1. The minimum Gasteiger partial charge on any atom is -0.311 e. The highest BCUT2D eigenvalue weighted by Crippen LogP contribution is 2.23. The number of hydrogen-bond donors (Lipinski definition) is 2. The van der Waals surface area contributed by atoms with Crippen LogP contribution in [0.5, 0.6) is 0 Å². The van der Waals surface area contributed by atoms with Crippen molar-refractivity contribution in [2.75, 3.05) is 5.32 Å². The Balaban J connectivity index is 1.54. The zero-order valence-electron chi connectivity index (χ0n) is 16.2. The van der Waals surface area contributed by atoms with Crippen molar-refractivity contribution in [3.8, 4) is 0 Å². The van der Waals surface area contributed by atoms with Gasteiger partial charge in [0.25, 0.3) is 5.56 Å². The molecule has 2 N–H and O–H groups in total. The Morgan fingerprint density at radius 2 is 2.00 bits per heavy atom. The Morgan fingerprint density at radius 3 is 2.77 bits per heavy atom. The fourth-order valence-electron chi connectivity index (χ4n) is 3.34. The summed E-state index contributed by atoms with van der Waals surface area (Å²) in [4.78, 5) is 28.7. The molecule has 4 aromatic rings. The highest BCUT2D eigenvalue weighted by molar-refractivity contribution is 6.35. The molecule has 3 heterocycles. The van der Waals surface area contributed by atoms with Gasteiger partial charge in [0.2, 0.25) is 5.91 Å². The van der Waals surface area contributed by atoms with Crippen LogP contribution in [0.25, 0.3) is 5.65 Å². The smallest absolute Gasteiger partial charge is 0.266 e. The molecule has 0 fully saturated rings. The van der Waals surface area contributed by atoms with Crippen LogP contribution in [-0.4, -0.2) is 30.3 Å². The molecule has 3 aromatic heterocycles. The molecule has 10 heteroatoms. The van der Waals surface area contributed by atoms with E-state index in [0.29, 0.717) is 33.7 Å². The number of aryl methyl sites for hydroxylation is 2. The second-order valence-corrected chi connectivity index (χ2v) is 7.75. The minimum absolute atomic E-state index is 0.105. The number of anilines is 1. The van der Waals surface area contributed by atoms with Gasteiger partial charge in [-0.15, -0.1) is 0 Å². The van der Waals surface area contributed by atoms with Crippen LogP contribution in [0.15, 0.2) is 41.3 Å². The first-order chi connectivity index (χ1) is 14.3. The topological polar surface area (TPSA) is 97.1 Å². The lowest BCUT2D eigenvalue weighted by Crippen LogP contribution is -2.20. The van der Waals surface area contributed by atoms with Crippen molar-refractivity contribution < 1.29 is 4.79 Å². The summed E-state index contributed by atoms with van der Waals surface area (Å²) in [6.07, 6.45) is 1.71. The summed E-state index contributed by atoms with van der Waals surface area (Å²) in [5.74, 6) is 0.325. The Kier molecular flexibility index (Phi) is 5.36. The van der Waals surface area contributed by atoms with Gasteiger partial charge in [-0.1, -0.05) is 29.3 Å². The third-order valence-corrected chi connectivity index (χ3v) is 5.45. The Labute approximate surface area is 181 Å². The van der Waals surface area contributed by atoms with E-state index < -0.39 is 0 Å². The second-order valence-electron chi connectivity index (χ2n) is 6.91. The first kappa shape index (κ1) is 20.2. The maximum absolute atomic E-state index is 12.7. The van der Waals surface area contributed by atoms with E-state index in [-0.39, 0.29) is 17.9 Å². The maximum atomic E-state index is 12.7. The molecule has 0 atom stereocenters. The van der Waals surface area contributed by atoms with Crippen molar-refractivity contribution in [3.63, 3.8) is 0 Å². The molecule has 30 heavy (non-hydrogen) atoms. The number of aromatic nitrogens is 5. The molecule has 1 amide bonds. The van der Waals surface area contributed by atoms with E-state index in [1.807, 2.05) is 19.9 Å². The van der Waals surface area contributed by atoms with Gasteiger partial charge in [-0.05, 0) is 31.5 Å². The van der Waals surface area contributed by atoms with Crippen LogP contribution >= 0.6 is 23.2 Å². The Hall–Kier alpha value is -3.10. The molecule has 8 nitrogen and oxygen atoms in total. The van der Waals surface area contributed by atoms with Gasteiger partial charge in [0.1, 0.15) is 5.82 Å². The molecule has 0 unspecified atom stereocenters. The number of benzene rings is 1. The van der Waals surface area contributed by atoms with Crippen molar-refractivity contribution in [3.05, 3.63) is 79.4 Å². The lowest BCUT2D eigenvalue weighted by atomic mass is 10.1. The first-order valence-electron chi connectivity index (χ1n) is 9.15. The van der Waals surface area contributed by atoms with Crippen molar-refractivity contribution in [1.29, 1.82) is 0 Å². The first-order valence-corrected chi connectivity index (χ1v) is 9.91. The zero-order valence-corrected chi connectivity index (χ0v) is 17.8. The lowest BCUT2D eigenvalue weighted by Gasteiger charge is -2.13. The van der Waals surface area contributed by atoms with Crippen LogP contribution in [-0.2, 0) is 17.8 Å². The van der Waals surface area contributed by atoms with E-state index in [1.165, 1.54) is 6.07 Å². The average Bonchev–Trinajstić information content (AvgIpc) is 3.27. The Morgan fingerprint density at radius 1 is 1.20 bits per heavy atom. The van der Waals surface area contributed by atoms with Crippen LogP contribution in [0.3, 0.4) is 0 Å². The SMILES string of the molecule is Cc1nc2cc(=O)[nH]n2c(C)c1CC(=O)Nc1ccnn1Cc1ccc(Cl)cc1Cl. The summed E-state index contributed by atoms with van der Waals surface area (Å²) in [5, 5.41) is 10.9. The number of halogens is 2. The summed E-state index contributed by atoms with van der Waals surface area (Å²) < 4.78 is 3.24. The van der Waals surface area contributed by atoms with Gasteiger partial charge in [-0.3, -0.25) is 14.7 Å². The predicted octanol–water partition coefficient (Wildman–Crippen LogP) is 3.37. The van der Waals surface area contributed by atoms with Gasteiger partial charge in [0, 0.05) is 39.1 Å². The monoisotopic (exact) mass is 444 g/mol. The molecular weight excluding hydrogens is 427 g/mol. The van der Waals surface area contributed by atoms with Crippen LogP contribution in [0, 0.1) is 13.8 Å². The number of amides is 1. The van der Waals surface area contributed by atoms with Crippen LogP contribution in [0.4, 0.5) is 5.82 Å². The van der Waals surface area contributed by atoms with Crippen molar-refractivity contribution in [1.82, 2.24) is 24.4 Å². The van der Waals surface area contributed by atoms with Gasteiger partial charge in [0.05, 0.1) is 19.2 Å². The van der Waals surface area contributed by atoms with Crippen LogP contribution in [0.2, 0.25) is 10.0 Å². The zero-order chi connectivity index (χ0) is 21.4. The molecule has 0 radical (unpaired) electrons. The number of nitrogens with zero attached hydrogens (tertiary/aromatic N) is 4. The fourth-order valence-corrected chi connectivity index (χ4v) is 3.80. The minimum atomic E-state index is -0.239. The molecular formula is C20H18Cl2N6O2. The largest absolute Gasteiger partial charge is 0.311 e. The lowest BCUT2D eigenvalue weighted by molar-refractivity contribution is -0.115. The maximum Gasteiger partial charge on any atom is 0.266 e. The normalized spacial score (nSPS) is 11.2. The van der Waals surface area contributed by atoms with Gasteiger partial charge < -0.3 is 5.32 Å².